The lowest BCUT2D eigenvalue weighted by Gasteiger charge is -2.11. The minimum absolute atomic E-state index is 0.0521. The number of amides is 1. The molecule has 4 aromatic rings. The summed E-state index contributed by atoms with van der Waals surface area (Å²) in [7, 11) is 0. The van der Waals surface area contributed by atoms with Gasteiger partial charge in [-0.25, -0.2) is 4.98 Å². The van der Waals surface area contributed by atoms with E-state index >= 15 is 0 Å². The molecule has 0 aliphatic carbocycles. The van der Waals surface area contributed by atoms with Gasteiger partial charge in [0.05, 0.1) is 17.1 Å². The first kappa shape index (κ1) is 20.7. The van der Waals surface area contributed by atoms with Gasteiger partial charge in [-0.3, -0.25) is 14.0 Å². The quantitative estimate of drug-likeness (QED) is 0.395. The largest absolute Gasteiger partial charge is 0.324 e. The van der Waals surface area contributed by atoms with Crippen molar-refractivity contribution in [3.63, 3.8) is 0 Å². The molecule has 0 radical (unpaired) electrons. The van der Waals surface area contributed by atoms with Crippen LogP contribution < -0.4 is 10.9 Å². The Kier molecular flexibility index (Phi) is 6.56. The summed E-state index contributed by atoms with van der Waals surface area (Å²) in [6.45, 7) is 1.90. The number of thiazole rings is 1. The molecule has 1 amide bonds. The van der Waals surface area contributed by atoms with Gasteiger partial charge in [-0.15, -0.1) is 34.9 Å². The first-order chi connectivity index (χ1) is 14.6. The Labute approximate surface area is 186 Å². The smallest absolute Gasteiger partial charge is 0.258 e. The molecule has 0 spiro atoms. The van der Waals surface area contributed by atoms with Crippen molar-refractivity contribution in [2.24, 2.45) is 0 Å². The van der Waals surface area contributed by atoms with Crippen molar-refractivity contribution in [2.75, 3.05) is 11.1 Å². The maximum Gasteiger partial charge on any atom is 0.258 e. The van der Waals surface area contributed by atoms with Gasteiger partial charge in [-0.05, 0) is 31.2 Å². The lowest BCUT2D eigenvalue weighted by molar-refractivity contribution is -0.113. The summed E-state index contributed by atoms with van der Waals surface area (Å²) >= 11 is 4.52. The van der Waals surface area contributed by atoms with E-state index in [1.807, 2.05) is 66.9 Å². The molecule has 0 saturated carbocycles. The van der Waals surface area contributed by atoms with E-state index in [0.717, 1.165) is 26.9 Å². The van der Waals surface area contributed by atoms with E-state index in [1.54, 1.807) is 22.2 Å². The van der Waals surface area contributed by atoms with Crippen molar-refractivity contribution < 1.29 is 4.79 Å². The number of thioether (sulfide) groups is 2. The molecule has 0 aliphatic rings. The molecule has 0 unspecified atom stereocenters. The van der Waals surface area contributed by atoms with Crippen molar-refractivity contribution in [1.82, 2.24) is 9.38 Å². The van der Waals surface area contributed by atoms with Gasteiger partial charge in [0.1, 0.15) is 0 Å². The number of benzene rings is 2. The summed E-state index contributed by atoms with van der Waals surface area (Å²) in [5, 5.41) is 4.93. The summed E-state index contributed by atoms with van der Waals surface area (Å²) in [6, 6.07) is 19.1. The number of carbonyl (C=O) groups excluding carboxylic acids is 1. The van der Waals surface area contributed by atoms with E-state index in [2.05, 4.69) is 10.3 Å². The number of anilines is 1. The highest BCUT2D eigenvalue weighted by atomic mass is 32.2. The molecule has 8 heteroatoms. The highest BCUT2D eigenvalue weighted by Crippen LogP contribution is 2.30. The SMILES string of the molecule is Cc1csc2nc(CSc3ccccc3NC(=O)CSc3ccccc3)cc(=O)n12. The third-order valence-corrected chi connectivity index (χ3v) is 7.34. The van der Waals surface area contributed by atoms with Crippen LogP contribution in [0.25, 0.3) is 4.96 Å². The van der Waals surface area contributed by atoms with Gasteiger partial charge in [0.2, 0.25) is 5.91 Å². The van der Waals surface area contributed by atoms with Crippen molar-refractivity contribution in [2.45, 2.75) is 22.5 Å². The molecule has 152 valence electrons. The highest BCUT2D eigenvalue weighted by Gasteiger charge is 2.10. The topological polar surface area (TPSA) is 63.5 Å². The Morgan fingerprint density at radius 2 is 1.87 bits per heavy atom. The van der Waals surface area contributed by atoms with Crippen LogP contribution in [0.5, 0.6) is 0 Å². The average molecular weight is 454 g/mol. The Morgan fingerprint density at radius 3 is 2.70 bits per heavy atom. The third-order valence-electron chi connectivity index (χ3n) is 4.28. The minimum atomic E-state index is -0.0612. The monoisotopic (exact) mass is 453 g/mol. The second-order valence-corrected chi connectivity index (χ2v) is 9.42. The molecule has 2 heterocycles. The molecular weight excluding hydrogens is 434 g/mol. The molecule has 0 saturated heterocycles. The number of rotatable bonds is 7. The van der Waals surface area contributed by atoms with E-state index in [9.17, 15) is 9.59 Å². The van der Waals surface area contributed by atoms with Gasteiger partial charge in [0.15, 0.2) is 4.96 Å². The molecule has 1 N–H and O–H groups in total. The average Bonchev–Trinajstić information content (AvgIpc) is 3.13. The van der Waals surface area contributed by atoms with E-state index in [0.29, 0.717) is 16.5 Å². The van der Waals surface area contributed by atoms with E-state index < -0.39 is 0 Å². The summed E-state index contributed by atoms with van der Waals surface area (Å²) in [4.78, 5) is 32.1. The predicted octanol–water partition coefficient (Wildman–Crippen LogP) is 5.09. The van der Waals surface area contributed by atoms with Crippen molar-refractivity contribution in [1.29, 1.82) is 0 Å². The van der Waals surface area contributed by atoms with Crippen LogP contribution in [-0.2, 0) is 10.5 Å². The number of carbonyl (C=O) groups is 1. The fourth-order valence-corrected chi connectivity index (χ4v) is 5.39. The molecule has 5 nitrogen and oxygen atoms in total. The van der Waals surface area contributed by atoms with Gasteiger partial charge >= 0.3 is 0 Å². The van der Waals surface area contributed by atoms with Crippen LogP contribution in [0.4, 0.5) is 5.69 Å². The first-order valence-corrected chi connectivity index (χ1v) is 12.1. The molecule has 0 atom stereocenters. The van der Waals surface area contributed by atoms with E-state index in [-0.39, 0.29) is 11.5 Å². The Balaban J connectivity index is 1.42. The Morgan fingerprint density at radius 1 is 1.10 bits per heavy atom. The zero-order valence-corrected chi connectivity index (χ0v) is 18.7. The van der Waals surface area contributed by atoms with Gasteiger partial charge in [0.25, 0.3) is 5.56 Å². The van der Waals surface area contributed by atoms with Crippen LogP contribution in [0, 0.1) is 6.92 Å². The normalized spacial score (nSPS) is 11.0. The molecule has 0 aliphatic heterocycles. The number of nitrogens with one attached hydrogen (secondary N) is 1. The first-order valence-electron chi connectivity index (χ1n) is 9.26. The van der Waals surface area contributed by atoms with Gasteiger partial charge in [-0.2, -0.15) is 0 Å². The summed E-state index contributed by atoms with van der Waals surface area (Å²) in [6.07, 6.45) is 0. The number of aromatic nitrogens is 2. The summed E-state index contributed by atoms with van der Waals surface area (Å²) in [5.74, 6) is 0.841. The fourth-order valence-electron chi connectivity index (χ4n) is 2.87. The lowest BCUT2D eigenvalue weighted by Crippen LogP contribution is -2.15. The molecular formula is C22H19N3O2S3. The number of nitrogens with zero attached hydrogens (tertiary/aromatic N) is 2. The Hall–Kier alpha value is -2.55. The number of para-hydroxylation sites is 1. The number of hydrogen-bond donors (Lipinski definition) is 1. The van der Waals surface area contributed by atoms with Crippen molar-refractivity contribution >= 4 is 51.4 Å². The number of fused-ring (bicyclic) bond motifs is 1. The van der Waals surface area contributed by atoms with E-state index in [1.165, 1.54) is 23.1 Å². The predicted molar refractivity (Wildman–Crippen MR) is 126 cm³/mol. The van der Waals surface area contributed by atoms with Crippen LogP contribution in [0.2, 0.25) is 0 Å². The standard InChI is InChI=1S/C22H19N3O2S3/c1-15-12-30-22-23-16(11-21(27)25(15)22)13-29-19-10-6-5-9-18(19)24-20(26)14-28-17-7-3-2-4-8-17/h2-12H,13-14H2,1H3,(H,24,26). The molecule has 30 heavy (non-hydrogen) atoms. The molecule has 4 rings (SSSR count). The summed E-state index contributed by atoms with van der Waals surface area (Å²) in [5.41, 5.74) is 2.33. The zero-order valence-electron chi connectivity index (χ0n) is 16.2. The third kappa shape index (κ3) is 4.95. The van der Waals surface area contributed by atoms with E-state index in [4.69, 9.17) is 0 Å². The lowest BCUT2D eigenvalue weighted by atomic mass is 10.3. The zero-order chi connectivity index (χ0) is 20.9. The highest BCUT2D eigenvalue weighted by molar-refractivity contribution is 8.00. The minimum Gasteiger partial charge on any atom is -0.324 e. The van der Waals surface area contributed by atoms with Crippen LogP contribution in [0.15, 0.2) is 80.6 Å². The van der Waals surface area contributed by atoms with Crippen LogP contribution in [0.3, 0.4) is 0 Å². The van der Waals surface area contributed by atoms with Gasteiger partial charge in [-0.1, -0.05) is 30.3 Å². The Bertz CT molecular complexity index is 1240. The van der Waals surface area contributed by atoms with Gasteiger partial charge < -0.3 is 5.32 Å². The molecule has 0 bridgehead atoms. The maximum absolute atomic E-state index is 12.4. The maximum atomic E-state index is 12.4. The fraction of sp³-hybridized carbons (Fsp3) is 0.136. The number of hydrogen-bond acceptors (Lipinski definition) is 6. The number of aryl methyl sites for hydroxylation is 1. The molecule has 2 aromatic heterocycles. The van der Waals surface area contributed by atoms with Crippen LogP contribution >= 0.6 is 34.9 Å². The second kappa shape index (κ2) is 9.51. The van der Waals surface area contributed by atoms with Crippen molar-refractivity contribution in [3.8, 4) is 0 Å². The van der Waals surface area contributed by atoms with Crippen molar-refractivity contribution in [3.05, 3.63) is 87.8 Å². The molecule has 2 aromatic carbocycles. The second-order valence-electron chi connectivity index (χ2n) is 6.52. The molecule has 0 fully saturated rings. The van der Waals surface area contributed by atoms with Crippen LogP contribution in [-0.4, -0.2) is 21.0 Å². The van der Waals surface area contributed by atoms with Gasteiger partial charge in [0, 0.05) is 32.7 Å². The van der Waals surface area contributed by atoms with Crippen LogP contribution in [0.1, 0.15) is 11.4 Å². The summed E-state index contributed by atoms with van der Waals surface area (Å²) < 4.78 is 1.62.